The highest BCUT2D eigenvalue weighted by Gasteiger charge is 2.23. The van der Waals surface area contributed by atoms with Crippen molar-refractivity contribution in [3.05, 3.63) is 42.4 Å². The second-order valence-corrected chi connectivity index (χ2v) is 7.38. The Kier molecular flexibility index (Phi) is 6.02. The number of anilines is 1. The molecule has 0 aliphatic heterocycles. The highest BCUT2D eigenvalue weighted by molar-refractivity contribution is 5.91. The van der Waals surface area contributed by atoms with E-state index in [2.05, 4.69) is 20.2 Å². The van der Waals surface area contributed by atoms with Crippen molar-refractivity contribution in [1.82, 2.24) is 19.9 Å². The van der Waals surface area contributed by atoms with E-state index in [0.29, 0.717) is 36.2 Å². The lowest BCUT2D eigenvalue weighted by Gasteiger charge is -2.16. The van der Waals surface area contributed by atoms with E-state index in [1.807, 2.05) is 18.3 Å². The molecule has 3 aromatic rings. The number of hydrogen-bond acceptors (Lipinski definition) is 5. The fourth-order valence-corrected chi connectivity index (χ4v) is 4.07. The summed E-state index contributed by atoms with van der Waals surface area (Å²) in [6, 6.07) is 9.30. The molecule has 2 N–H and O–H groups in total. The van der Waals surface area contributed by atoms with Gasteiger partial charge in [-0.3, -0.25) is 0 Å². The van der Waals surface area contributed by atoms with Crippen LogP contribution in [0.4, 0.5) is 10.5 Å². The van der Waals surface area contributed by atoms with Crippen LogP contribution >= 0.6 is 0 Å². The molecule has 2 amide bonds. The van der Waals surface area contributed by atoms with Gasteiger partial charge in [0.1, 0.15) is 22.8 Å². The minimum atomic E-state index is -0.303. The maximum Gasteiger partial charge on any atom is 0.319 e. The number of urea groups is 1. The second-order valence-electron chi connectivity index (χ2n) is 7.38. The zero-order valence-electron chi connectivity index (χ0n) is 17.4. The molecule has 1 aliphatic carbocycles. The first-order valence-corrected chi connectivity index (χ1v) is 10.3. The minimum absolute atomic E-state index is 0.303. The molecule has 0 unspecified atom stereocenters. The van der Waals surface area contributed by atoms with Gasteiger partial charge in [-0.05, 0) is 37.1 Å². The fourth-order valence-electron chi connectivity index (χ4n) is 4.07. The first kappa shape index (κ1) is 20.0. The van der Waals surface area contributed by atoms with Crippen LogP contribution in [0.5, 0.6) is 11.5 Å². The maximum atomic E-state index is 12.4. The minimum Gasteiger partial charge on any atom is -0.497 e. The predicted molar refractivity (Wildman–Crippen MR) is 115 cm³/mol. The Labute approximate surface area is 175 Å². The van der Waals surface area contributed by atoms with E-state index in [9.17, 15) is 4.79 Å². The number of rotatable bonds is 7. The van der Waals surface area contributed by atoms with E-state index in [1.54, 1.807) is 32.4 Å². The molecule has 0 atom stereocenters. The third kappa shape index (κ3) is 4.17. The number of nitrogens with zero attached hydrogens (tertiary/aromatic N) is 3. The molecule has 0 radical (unpaired) electrons. The van der Waals surface area contributed by atoms with Crippen molar-refractivity contribution >= 4 is 22.9 Å². The third-order valence-electron chi connectivity index (χ3n) is 5.50. The number of aromatic nitrogens is 3. The van der Waals surface area contributed by atoms with Gasteiger partial charge in [-0.2, -0.15) is 0 Å². The molecule has 2 aromatic heterocycles. The first-order valence-electron chi connectivity index (χ1n) is 10.3. The van der Waals surface area contributed by atoms with E-state index in [1.165, 1.54) is 12.8 Å². The Balaban J connectivity index is 1.43. The number of pyridine rings is 1. The van der Waals surface area contributed by atoms with Crippen LogP contribution < -0.4 is 20.1 Å². The van der Waals surface area contributed by atoms with E-state index >= 15 is 0 Å². The number of benzene rings is 1. The number of carbonyl (C=O) groups excluding carboxylic acids is 1. The van der Waals surface area contributed by atoms with E-state index in [4.69, 9.17) is 14.5 Å². The molecule has 4 rings (SSSR count). The van der Waals surface area contributed by atoms with Crippen LogP contribution in [0.25, 0.3) is 11.2 Å². The lowest BCUT2D eigenvalue weighted by molar-refractivity contribution is 0.252. The first-order chi connectivity index (χ1) is 14.7. The fraction of sp³-hybridized carbons (Fsp3) is 0.409. The number of imidazole rings is 1. The van der Waals surface area contributed by atoms with Crippen LogP contribution in [0, 0.1) is 0 Å². The van der Waals surface area contributed by atoms with Gasteiger partial charge in [0.05, 0.1) is 19.9 Å². The lowest BCUT2D eigenvalue weighted by atomic mass is 10.2. The number of methoxy groups -OCH3 is 2. The SMILES string of the molecule is COc1ccc(OC)c(NC(=O)NCCc2nc3cccnc3n2C2CCCC2)c1. The summed E-state index contributed by atoms with van der Waals surface area (Å²) in [5.41, 5.74) is 2.40. The molecule has 1 saturated carbocycles. The summed E-state index contributed by atoms with van der Waals surface area (Å²) in [6.45, 7) is 0.466. The summed E-state index contributed by atoms with van der Waals surface area (Å²) < 4.78 is 12.8. The van der Waals surface area contributed by atoms with Gasteiger partial charge in [0, 0.05) is 31.3 Å². The summed E-state index contributed by atoms with van der Waals surface area (Å²) in [6.07, 6.45) is 7.22. The van der Waals surface area contributed by atoms with Gasteiger partial charge in [-0.1, -0.05) is 12.8 Å². The normalized spacial score (nSPS) is 14.1. The molecule has 158 valence electrons. The van der Waals surface area contributed by atoms with E-state index in [0.717, 1.165) is 29.8 Å². The van der Waals surface area contributed by atoms with Gasteiger partial charge in [-0.25, -0.2) is 14.8 Å². The van der Waals surface area contributed by atoms with Crippen LogP contribution in [0.3, 0.4) is 0 Å². The third-order valence-corrected chi connectivity index (χ3v) is 5.50. The molecule has 0 spiro atoms. The molecule has 1 aliphatic rings. The van der Waals surface area contributed by atoms with Gasteiger partial charge in [-0.15, -0.1) is 0 Å². The zero-order valence-corrected chi connectivity index (χ0v) is 17.4. The highest BCUT2D eigenvalue weighted by Crippen LogP contribution is 2.33. The average Bonchev–Trinajstić information content (AvgIpc) is 3.40. The molecule has 0 bridgehead atoms. The molecule has 8 heteroatoms. The Hall–Kier alpha value is -3.29. The average molecular weight is 409 g/mol. The van der Waals surface area contributed by atoms with Gasteiger partial charge in [0.15, 0.2) is 5.65 Å². The van der Waals surface area contributed by atoms with Crippen molar-refractivity contribution in [3.63, 3.8) is 0 Å². The Morgan fingerprint density at radius 1 is 1.20 bits per heavy atom. The molecule has 8 nitrogen and oxygen atoms in total. The van der Waals surface area contributed by atoms with Gasteiger partial charge in [0.2, 0.25) is 0 Å². The summed E-state index contributed by atoms with van der Waals surface area (Å²) in [5, 5.41) is 5.73. The Bertz CT molecular complexity index is 1030. The molecule has 1 aromatic carbocycles. The van der Waals surface area contributed by atoms with Crippen molar-refractivity contribution in [2.75, 3.05) is 26.1 Å². The summed E-state index contributed by atoms with van der Waals surface area (Å²) in [7, 11) is 3.14. The second kappa shape index (κ2) is 9.02. The Morgan fingerprint density at radius 3 is 2.80 bits per heavy atom. The largest absolute Gasteiger partial charge is 0.497 e. The van der Waals surface area contributed by atoms with Crippen LogP contribution in [0.15, 0.2) is 36.5 Å². The Morgan fingerprint density at radius 2 is 2.03 bits per heavy atom. The van der Waals surface area contributed by atoms with Gasteiger partial charge >= 0.3 is 6.03 Å². The molecule has 0 saturated heterocycles. The van der Waals surface area contributed by atoms with Crippen LogP contribution in [0.1, 0.15) is 37.5 Å². The van der Waals surface area contributed by atoms with Crippen molar-refractivity contribution in [3.8, 4) is 11.5 Å². The van der Waals surface area contributed by atoms with Crippen LogP contribution in [-0.4, -0.2) is 41.3 Å². The van der Waals surface area contributed by atoms with Gasteiger partial charge in [0.25, 0.3) is 0 Å². The number of hydrogen-bond donors (Lipinski definition) is 2. The molecular formula is C22H27N5O3. The van der Waals surface area contributed by atoms with Crippen molar-refractivity contribution < 1.29 is 14.3 Å². The van der Waals surface area contributed by atoms with Crippen LogP contribution in [-0.2, 0) is 6.42 Å². The number of carbonyl (C=O) groups is 1. The number of nitrogens with one attached hydrogen (secondary N) is 2. The molecule has 30 heavy (non-hydrogen) atoms. The molecule has 2 heterocycles. The lowest BCUT2D eigenvalue weighted by Crippen LogP contribution is -2.31. The highest BCUT2D eigenvalue weighted by atomic mass is 16.5. The maximum absolute atomic E-state index is 12.4. The smallest absolute Gasteiger partial charge is 0.319 e. The molecular weight excluding hydrogens is 382 g/mol. The summed E-state index contributed by atoms with van der Waals surface area (Å²) >= 11 is 0. The molecule has 1 fully saturated rings. The van der Waals surface area contributed by atoms with Crippen molar-refractivity contribution in [2.45, 2.75) is 38.1 Å². The summed E-state index contributed by atoms with van der Waals surface area (Å²) in [4.78, 5) is 21.8. The van der Waals surface area contributed by atoms with Gasteiger partial charge < -0.3 is 24.7 Å². The topological polar surface area (TPSA) is 90.3 Å². The van der Waals surface area contributed by atoms with Crippen LogP contribution in [0.2, 0.25) is 0 Å². The van der Waals surface area contributed by atoms with Crippen molar-refractivity contribution in [2.24, 2.45) is 0 Å². The predicted octanol–water partition coefficient (Wildman–Crippen LogP) is 3.93. The van der Waals surface area contributed by atoms with Crippen molar-refractivity contribution in [1.29, 1.82) is 0 Å². The van der Waals surface area contributed by atoms with E-state index in [-0.39, 0.29) is 6.03 Å². The number of fused-ring (bicyclic) bond motifs is 1. The zero-order chi connectivity index (χ0) is 20.9. The monoisotopic (exact) mass is 409 g/mol. The van der Waals surface area contributed by atoms with E-state index < -0.39 is 0 Å². The quantitative estimate of drug-likeness (QED) is 0.617. The number of amides is 2. The summed E-state index contributed by atoms with van der Waals surface area (Å²) in [5.74, 6) is 2.18. The number of ether oxygens (including phenoxy) is 2. The standard InChI is InChI=1S/C22H27N5O3/c1-29-16-9-10-19(30-2)18(14-16)26-22(28)24-13-11-20-25-17-8-5-12-23-21(17)27(20)15-6-3-4-7-15/h5,8-10,12,14-15H,3-4,6-7,11,13H2,1-2H3,(H2,24,26,28).